The van der Waals surface area contributed by atoms with Crippen LogP contribution in [0.2, 0.25) is 0 Å². The molecule has 82 valence electrons. The zero-order chi connectivity index (χ0) is 10.4. The highest BCUT2D eigenvalue weighted by Crippen LogP contribution is 2.52. The maximum atomic E-state index is 12.6. The van der Waals surface area contributed by atoms with Crippen LogP contribution in [0.1, 0.15) is 26.2 Å². The van der Waals surface area contributed by atoms with Gasteiger partial charge in [-0.2, -0.15) is 0 Å². The molecule has 0 aromatic carbocycles. The van der Waals surface area contributed by atoms with Gasteiger partial charge in [-0.25, -0.2) is 8.78 Å². The highest BCUT2D eigenvalue weighted by molar-refractivity contribution is 5.06. The van der Waals surface area contributed by atoms with Crippen molar-refractivity contribution in [2.24, 2.45) is 5.41 Å². The number of hydrogen-bond donors (Lipinski definition) is 1. The summed E-state index contributed by atoms with van der Waals surface area (Å²) < 4.78 is 25.2. The molecule has 14 heavy (non-hydrogen) atoms. The summed E-state index contributed by atoms with van der Waals surface area (Å²) in [6.45, 7) is 2.75. The van der Waals surface area contributed by atoms with Crippen LogP contribution in [-0.2, 0) is 0 Å². The highest BCUT2D eigenvalue weighted by Gasteiger charge is 2.54. The van der Waals surface area contributed by atoms with Crippen LogP contribution in [0, 0.1) is 5.41 Å². The van der Waals surface area contributed by atoms with Crippen molar-refractivity contribution in [2.75, 3.05) is 19.6 Å². The van der Waals surface area contributed by atoms with Crippen LogP contribution in [0.3, 0.4) is 0 Å². The van der Waals surface area contributed by atoms with Gasteiger partial charge in [0.05, 0.1) is 6.10 Å². The number of halogens is 2. The van der Waals surface area contributed by atoms with E-state index < -0.39 is 5.92 Å². The van der Waals surface area contributed by atoms with E-state index in [-0.39, 0.29) is 17.9 Å². The first kappa shape index (κ1) is 10.3. The summed E-state index contributed by atoms with van der Waals surface area (Å²) in [6, 6.07) is 0. The van der Waals surface area contributed by atoms with Gasteiger partial charge >= 0.3 is 0 Å². The summed E-state index contributed by atoms with van der Waals surface area (Å²) in [5.74, 6) is -2.58. The van der Waals surface area contributed by atoms with Crippen molar-refractivity contribution in [3.63, 3.8) is 0 Å². The average Bonchev–Trinajstić information content (AvgIpc) is 2.72. The molecule has 1 aliphatic carbocycles. The van der Waals surface area contributed by atoms with Crippen LogP contribution < -0.4 is 0 Å². The molecule has 1 heterocycles. The van der Waals surface area contributed by atoms with E-state index in [1.807, 2.05) is 4.90 Å². The van der Waals surface area contributed by atoms with Gasteiger partial charge in [0.2, 0.25) is 5.92 Å². The van der Waals surface area contributed by atoms with Crippen molar-refractivity contribution in [3.8, 4) is 0 Å². The second-order valence-electron chi connectivity index (χ2n) is 4.93. The fraction of sp³-hybridized carbons (Fsp3) is 1.00. The molecule has 2 fully saturated rings. The Kier molecular flexibility index (Phi) is 2.31. The number of alkyl halides is 2. The van der Waals surface area contributed by atoms with E-state index in [0.29, 0.717) is 13.1 Å². The summed E-state index contributed by atoms with van der Waals surface area (Å²) in [5, 5.41) is 9.69. The van der Waals surface area contributed by atoms with E-state index in [0.717, 1.165) is 26.3 Å². The maximum Gasteiger partial charge on any atom is 0.246 e. The highest BCUT2D eigenvalue weighted by atomic mass is 19.3. The molecular formula is C10H17F2NO. The third kappa shape index (κ3) is 2.06. The fourth-order valence-electron chi connectivity index (χ4n) is 2.23. The van der Waals surface area contributed by atoms with Gasteiger partial charge < -0.3 is 5.11 Å². The number of aliphatic hydroxyl groups is 1. The summed E-state index contributed by atoms with van der Waals surface area (Å²) >= 11 is 0. The van der Waals surface area contributed by atoms with Gasteiger partial charge in [-0.1, -0.05) is 0 Å². The quantitative estimate of drug-likeness (QED) is 0.754. The van der Waals surface area contributed by atoms with Crippen LogP contribution in [0.15, 0.2) is 0 Å². The van der Waals surface area contributed by atoms with Crippen molar-refractivity contribution in [3.05, 3.63) is 0 Å². The second kappa shape index (κ2) is 3.14. The molecule has 2 nitrogen and oxygen atoms in total. The molecule has 0 aromatic rings. The second-order valence-corrected chi connectivity index (χ2v) is 4.93. The molecule has 1 saturated carbocycles. The van der Waals surface area contributed by atoms with E-state index in [2.05, 4.69) is 0 Å². The van der Waals surface area contributed by atoms with Gasteiger partial charge in [0.25, 0.3) is 0 Å². The van der Waals surface area contributed by atoms with Crippen LogP contribution in [-0.4, -0.2) is 41.7 Å². The molecule has 0 bridgehead atoms. The Hall–Kier alpha value is -0.220. The topological polar surface area (TPSA) is 23.5 Å². The summed E-state index contributed by atoms with van der Waals surface area (Å²) in [6.07, 6.45) is 1.74. The molecule has 2 rings (SSSR count). The standard InChI is InChI=1S/C10H17F2NO/c1-9(11,12)4-5-13-6-8(14)10(7-13)2-3-10/h8,14H,2-7H2,1H3. The lowest BCUT2D eigenvalue weighted by molar-refractivity contribution is 0.00410. The third-order valence-electron chi connectivity index (χ3n) is 3.44. The number of hydrogen-bond acceptors (Lipinski definition) is 2. The summed E-state index contributed by atoms with van der Waals surface area (Å²) in [5.41, 5.74) is 0.0863. The Morgan fingerprint density at radius 1 is 1.50 bits per heavy atom. The normalized spacial score (nSPS) is 31.3. The van der Waals surface area contributed by atoms with E-state index in [9.17, 15) is 13.9 Å². The van der Waals surface area contributed by atoms with Crippen molar-refractivity contribution >= 4 is 0 Å². The van der Waals surface area contributed by atoms with E-state index in [4.69, 9.17) is 0 Å². The predicted octanol–water partition coefficient (Wildman–Crippen LogP) is 1.49. The van der Waals surface area contributed by atoms with E-state index in [1.165, 1.54) is 0 Å². The van der Waals surface area contributed by atoms with Gasteiger partial charge in [0.15, 0.2) is 0 Å². The van der Waals surface area contributed by atoms with Crippen molar-refractivity contribution in [1.82, 2.24) is 4.90 Å². The monoisotopic (exact) mass is 205 g/mol. The van der Waals surface area contributed by atoms with Gasteiger partial charge in [-0.15, -0.1) is 0 Å². The van der Waals surface area contributed by atoms with Crippen LogP contribution >= 0.6 is 0 Å². The molecule has 1 unspecified atom stereocenters. The first-order valence-corrected chi connectivity index (χ1v) is 5.20. The Morgan fingerprint density at radius 2 is 2.14 bits per heavy atom. The Bertz CT molecular complexity index is 223. The van der Waals surface area contributed by atoms with Gasteiger partial charge in [-0.05, 0) is 19.8 Å². The zero-order valence-electron chi connectivity index (χ0n) is 8.47. The summed E-state index contributed by atoms with van der Waals surface area (Å²) in [4.78, 5) is 1.97. The minimum atomic E-state index is -2.58. The SMILES string of the molecule is CC(F)(F)CCN1CC(O)C2(CC2)C1. The van der Waals surface area contributed by atoms with Gasteiger partial charge in [-0.3, -0.25) is 4.90 Å². The summed E-state index contributed by atoms with van der Waals surface area (Å²) in [7, 11) is 0. The predicted molar refractivity (Wildman–Crippen MR) is 49.4 cm³/mol. The van der Waals surface area contributed by atoms with Crippen LogP contribution in [0.4, 0.5) is 8.78 Å². The number of aliphatic hydroxyl groups excluding tert-OH is 1. The van der Waals surface area contributed by atoms with E-state index in [1.54, 1.807) is 0 Å². The molecule has 1 N–H and O–H groups in total. The van der Waals surface area contributed by atoms with Gasteiger partial charge in [0.1, 0.15) is 0 Å². The lowest BCUT2D eigenvalue weighted by atomic mass is 10.0. The molecule has 1 saturated heterocycles. The maximum absolute atomic E-state index is 12.6. The third-order valence-corrected chi connectivity index (χ3v) is 3.44. The number of likely N-dealkylation sites (tertiary alicyclic amines) is 1. The Labute approximate surface area is 82.9 Å². The number of β-amino-alcohol motifs (C(OH)–C–C–N with tert-alkyl or cyclic N) is 1. The largest absolute Gasteiger partial charge is 0.391 e. The minimum Gasteiger partial charge on any atom is -0.391 e. The lowest BCUT2D eigenvalue weighted by Gasteiger charge is -2.17. The van der Waals surface area contributed by atoms with Crippen molar-refractivity contribution in [1.29, 1.82) is 0 Å². The molecule has 0 amide bonds. The molecule has 2 aliphatic rings. The first-order chi connectivity index (χ1) is 6.41. The molecule has 1 spiro atoms. The molecule has 1 aliphatic heterocycles. The minimum absolute atomic E-state index is 0.0863. The number of rotatable bonds is 3. The van der Waals surface area contributed by atoms with E-state index >= 15 is 0 Å². The zero-order valence-corrected chi connectivity index (χ0v) is 8.47. The fourth-order valence-corrected chi connectivity index (χ4v) is 2.23. The van der Waals surface area contributed by atoms with Crippen LogP contribution in [0.5, 0.6) is 0 Å². The first-order valence-electron chi connectivity index (χ1n) is 5.20. The lowest BCUT2D eigenvalue weighted by Crippen LogP contribution is -2.27. The molecule has 4 heteroatoms. The molecule has 0 radical (unpaired) electrons. The Balaban J connectivity index is 1.79. The Morgan fingerprint density at radius 3 is 2.57 bits per heavy atom. The molecule has 1 atom stereocenters. The average molecular weight is 205 g/mol. The van der Waals surface area contributed by atoms with Gasteiger partial charge in [0, 0.05) is 31.5 Å². The number of nitrogens with zero attached hydrogens (tertiary/aromatic N) is 1. The molecular weight excluding hydrogens is 188 g/mol. The smallest absolute Gasteiger partial charge is 0.246 e. The van der Waals surface area contributed by atoms with Crippen molar-refractivity contribution < 1.29 is 13.9 Å². The van der Waals surface area contributed by atoms with Crippen LogP contribution in [0.25, 0.3) is 0 Å². The molecule has 0 aromatic heterocycles. The van der Waals surface area contributed by atoms with Crippen molar-refractivity contribution in [2.45, 2.75) is 38.2 Å².